The fourth-order valence-electron chi connectivity index (χ4n) is 7.67. The van der Waals surface area contributed by atoms with Crippen LogP contribution in [0.5, 0.6) is 0 Å². The molecule has 0 radical (unpaired) electrons. The molecule has 0 aliphatic carbocycles. The van der Waals surface area contributed by atoms with Crippen LogP contribution in [-0.2, 0) is 14.3 Å². The van der Waals surface area contributed by atoms with Crippen molar-refractivity contribution in [1.82, 2.24) is 0 Å². The molecule has 0 saturated heterocycles. The predicted octanol–water partition coefficient (Wildman–Crippen LogP) is 17.5. The zero-order chi connectivity index (χ0) is 42.7. The van der Waals surface area contributed by atoms with Crippen molar-refractivity contribution in [3.05, 3.63) is 0 Å². The molecular weight excluding hydrogens is 705 g/mol. The van der Waals surface area contributed by atoms with Gasteiger partial charge >= 0.3 is 11.9 Å². The number of aliphatic carboxylic acids is 1. The monoisotopic (exact) mass is 811 g/mol. The molecule has 2 unspecified atom stereocenters. The fraction of sp³-hybridized carbons (Fsp3) is 0.962. The van der Waals surface area contributed by atoms with E-state index in [9.17, 15) is 14.7 Å². The number of carbonyl (C=O) groups excluding carboxylic acids is 1. The number of carbonyl (C=O) groups is 2. The molecule has 0 fully saturated rings. The van der Waals surface area contributed by atoms with Crippen molar-refractivity contribution in [3.8, 4) is 0 Å². The summed E-state index contributed by atoms with van der Waals surface area (Å²) in [6.07, 6.45) is 51.2. The Morgan fingerprint density at radius 1 is 0.368 bits per heavy atom. The van der Waals surface area contributed by atoms with Crippen molar-refractivity contribution < 1.29 is 24.5 Å². The number of aliphatic hydroxyl groups is 1. The number of unbranched alkanes of at least 4 members (excludes halogenated alkanes) is 26. The summed E-state index contributed by atoms with van der Waals surface area (Å²) in [5.41, 5.74) is 0. The maximum absolute atomic E-state index is 11.7. The second kappa shape index (κ2) is 54.9. The molecule has 2 N–H and O–H groups in total. The molecule has 5 heteroatoms. The standard InChI is InChI=1S/C26H52O2.C21H44O.C5H10O2/c1-4-7-10-12-14-15-17-19-21-25(20-18-16-13-11-8-5-2)23-24-28-26(27)22-9-6-3;1-3-5-7-9-11-12-14-16-18-21(19-20-22)17-15-13-10-8-6-4-2;1-2-3-4-5(6)7/h25H,4-24H2,1-3H3;21-22H,3-20H2,1-2H3;2-4H2,1H3,(H,6,7). The highest BCUT2D eigenvalue weighted by atomic mass is 16.5. The molecule has 2 atom stereocenters. The SMILES string of the molecule is CCCCC(=O)O.CCCCCCCCCCC(CCCCCCCC)CCOC(=O)CCCC.CCCCCCCCCCC(CCO)CCCCCCCC. The third kappa shape index (κ3) is 57.0. The number of ether oxygens (including phenoxy) is 1. The Labute approximate surface area is 358 Å². The van der Waals surface area contributed by atoms with E-state index in [1.54, 1.807) is 0 Å². The molecule has 0 bridgehead atoms. The van der Waals surface area contributed by atoms with Gasteiger partial charge in [-0.05, 0) is 37.5 Å². The summed E-state index contributed by atoms with van der Waals surface area (Å²) in [4.78, 5) is 21.5. The molecule has 0 aromatic heterocycles. The molecule has 0 aliphatic rings. The third-order valence-corrected chi connectivity index (χ3v) is 11.7. The molecule has 0 spiro atoms. The summed E-state index contributed by atoms with van der Waals surface area (Å²) in [5, 5.41) is 17.3. The predicted molar refractivity (Wildman–Crippen MR) is 251 cm³/mol. The first kappa shape index (κ1) is 60.2. The lowest BCUT2D eigenvalue weighted by Gasteiger charge is -2.17. The highest BCUT2D eigenvalue weighted by Crippen LogP contribution is 2.24. The summed E-state index contributed by atoms with van der Waals surface area (Å²) >= 11 is 0. The van der Waals surface area contributed by atoms with Crippen LogP contribution < -0.4 is 0 Å². The highest BCUT2D eigenvalue weighted by molar-refractivity contribution is 5.69. The van der Waals surface area contributed by atoms with Crippen LogP contribution in [0.3, 0.4) is 0 Å². The van der Waals surface area contributed by atoms with Crippen LogP contribution in [0.2, 0.25) is 0 Å². The van der Waals surface area contributed by atoms with E-state index in [2.05, 4.69) is 34.6 Å². The van der Waals surface area contributed by atoms with Crippen LogP contribution in [0.4, 0.5) is 0 Å². The highest BCUT2D eigenvalue weighted by Gasteiger charge is 2.11. The number of hydrogen-bond donors (Lipinski definition) is 2. The molecule has 0 rings (SSSR count). The van der Waals surface area contributed by atoms with Crippen molar-refractivity contribution in [2.24, 2.45) is 11.8 Å². The van der Waals surface area contributed by atoms with Crippen molar-refractivity contribution in [1.29, 1.82) is 0 Å². The summed E-state index contributed by atoms with van der Waals surface area (Å²) in [5.74, 6) is 0.857. The number of carboxylic acid groups (broad SMARTS) is 1. The minimum absolute atomic E-state index is 0.00671. The Morgan fingerprint density at radius 3 is 0.930 bits per heavy atom. The summed E-state index contributed by atoms with van der Waals surface area (Å²) < 4.78 is 5.48. The van der Waals surface area contributed by atoms with Gasteiger partial charge in [0.15, 0.2) is 0 Å². The summed E-state index contributed by atoms with van der Waals surface area (Å²) in [6.45, 7) is 14.2. The van der Waals surface area contributed by atoms with Gasteiger partial charge in [-0.3, -0.25) is 9.59 Å². The smallest absolute Gasteiger partial charge is 0.305 e. The molecule has 0 amide bonds. The van der Waals surface area contributed by atoms with Gasteiger partial charge in [0.2, 0.25) is 0 Å². The van der Waals surface area contributed by atoms with Crippen LogP contribution in [-0.4, -0.2) is 35.4 Å². The van der Waals surface area contributed by atoms with E-state index in [4.69, 9.17) is 9.84 Å². The van der Waals surface area contributed by atoms with Gasteiger partial charge in [-0.2, -0.15) is 0 Å². The minimum atomic E-state index is -0.693. The lowest BCUT2D eigenvalue weighted by Crippen LogP contribution is -2.10. The van der Waals surface area contributed by atoms with E-state index < -0.39 is 5.97 Å². The second-order valence-corrected chi connectivity index (χ2v) is 17.5. The Hall–Kier alpha value is -1.10. The fourth-order valence-corrected chi connectivity index (χ4v) is 7.67. The van der Waals surface area contributed by atoms with E-state index >= 15 is 0 Å². The van der Waals surface area contributed by atoms with Gasteiger partial charge in [0, 0.05) is 19.4 Å². The quantitative estimate of drug-likeness (QED) is 0.0473. The molecular formula is C52H106O5. The van der Waals surface area contributed by atoms with Gasteiger partial charge in [-0.25, -0.2) is 0 Å². The Bertz CT molecular complexity index is 740. The van der Waals surface area contributed by atoms with E-state index in [-0.39, 0.29) is 5.97 Å². The van der Waals surface area contributed by atoms with Crippen LogP contribution in [0.15, 0.2) is 0 Å². The molecule has 344 valence electrons. The Kier molecular flexibility index (Phi) is 58.0. The first-order chi connectivity index (χ1) is 27.9. The van der Waals surface area contributed by atoms with Gasteiger partial charge in [0.1, 0.15) is 0 Å². The maximum Gasteiger partial charge on any atom is 0.305 e. The topological polar surface area (TPSA) is 83.8 Å². The van der Waals surface area contributed by atoms with Crippen molar-refractivity contribution >= 4 is 11.9 Å². The lowest BCUT2D eigenvalue weighted by molar-refractivity contribution is -0.144. The zero-order valence-electron chi connectivity index (χ0n) is 40.0. The molecule has 0 aromatic carbocycles. The molecule has 0 aromatic rings. The summed E-state index contributed by atoms with van der Waals surface area (Å²) in [6, 6.07) is 0. The van der Waals surface area contributed by atoms with E-state index in [0.29, 0.717) is 26.1 Å². The number of aliphatic hydroxyl groups excluding tert-OH is 1. The van der Waals surface area contributed by atoms with Crippen molar-refractivity contribution in [2.75, 3.05) is 13.2 Å². The van der Waals surface area contributed by atoms with Gasteiger partial charge in [-0.15, -0.1) is 0 Å². The average molecular weight is 811 g/mol. The number of esters is 1. The number of hydrogen-bond acceptors (Lipinski definition) is 4. The van der Waals surface area contributed by atoms with Crippen LogP contribution >= 0.6 is 0 Å². The Balaban J connectivity index is -0.000000892. The van der Waals surface area contributed by atoms with E-state index in [0.717, 1.165) is 50.4 Å². The van der Waals surface area contributed by atoms with E-state index in [1.165, 1.54) is 205 Å². The van der Waals surface area contributed by atoms with Gasteiger partial charge in [0.25, 0.3) is 0 Å². The van der Waals surface area contributed by atoms with Crippen LogP contribution in [0, 0.1) is 11.8 Å². The largest absolute Gasteiger partial charge is 0.481 e. The molecule has 0 aliphatic heterocycles. The first-order valence-corrected chi connectivity index (χ1v) is 25.8. The molecule has 57 heavy (non-hydrogen) atoms. The normalized spacial score (nSPS) is 12.0. The van der Waals surface area contributed by atoms with Crippen LogP contribution in [0.25, 0.3) is 0 Å². The maximum atomic E-state index is 11.7. The number of rotatable bonds is 43. The lowest BCUT2D eigenvalue weighted by atomic mass is 9.91. The molecule has 0 heterocycles. The van der Waals surface area contributed by atoms with Crippen molar-refractivity contribution in [3.63, 3.8) is 0 Å². The van der Waals surface area contributed by atoms with Crippen LogP contribution in [0.1, 0.15) is 298 Å². The first-order valence-electron chi connectivity index (χ1n) is 25.8. The summed E-state index contributed by atoms with van der Waals surface area (Å²) in [7, 11) is 0. The number of carboxylic acids is 1. The van der Waals surface area contributed by atoms with Gasteiger partial charge in [-0.1, -0.05) is 260 Å². The molecule has 0 saturated carbocycles. The Morgan fingerprint density at radius 2 is 0.649 bits per heavy atom. The second-order valence-electron chi connectivity index (χ2n) is 17.5. The minimum Gasteiger partial charge on any atom is -0.481 e. The van der Waals surface area contributed by atoms with Gasteiger partial charge < -0.3 is 14.9 Å². The van der Waals surface area contributed by atoms with Gasteiger partial charge in [0.05, 0.1) is 6.61 Å². The molecule has 5 nitrogen and oxygen atoms in total. The third-order valence-electron chi connectivity index (χ3n) is 11.7. The van der Waals surface area contributed by atoms with E-state index in [1.807, 2.05) is 6.92 Å². The zero-order valence-corrected chi connectivity index (χ0v) is 40.0. The van der Waals surface area contributed by atoms with Crippen molar-refractivity contribution in [2.45, 2.75) is 298 Å². The average Bonchev–Trinajstić information content (AvgIpc) is 3.21.